The zero-order valence-corrected chi connectivity index (χ0v) is 17.6. The van der Waals surface area contributed by atoms with Crippen molar-refractivity contribution < 1.29 is 13.2 Å². The first-order chi connectivity index (χ1) is 12.7. The first-order valence-corrected chi connectivity index (χ1v) is 11.5. The Kier molecular flexibility index (Phi) is 5.96. The molecule has 0 unspecified atom stereocenters. The van der Waals surface area contributed by atoms with E-state index in [4.69, 9.17) is 0 Å². The fraction of sp³-hybridized carbons (Fsp3) is 0.667. The Hall–Kier alpha value is -1.40. The highest BCUT2D eigenvalue weighted by atomic mass is 32.2. The van der Waals surface area contributed by atoms with Crippen LogP contribution in [0.5, 0.6) is 0 Å². The molecule has 1 aliphatic carbocycles. The van der Waals surface area contributed by atoms with Crippen molar-refractivity contribution in [2.45, 2.75) is 63.2 Å². The molecule has 0 atom stereocenters. The van der Waals surface area contributed by atoms with Crippen molar-refractivity contribution >= 4 is 15.9 Å². The number of nitrogens with zero attached hydrogens (tertiary/aromatic N) is 2. The number of carbonyl (C=O) groups excluding carboxylic acids is 1. The topological polar surface area (TPSA) is 57.7 Å². The molecule has 6 heteroatoms. The summed E-state index contributed by atoms with van der Waals surface area (Å²) in [6.45, 7) is 8.07. The SMILES string of the molecule is CC(C)(C)c1ccc(S(=O)(=O)N2CCN(C(=O)C3CCCCC3)CC2)cc1. The first kappa shape index (κ1) is 20.3. The molecule has 0 radical (unpaired) electrons. The van der Waals surface area contributed by atoms with Gasteiger partial charge in [0.15, 0.2) is 0 Å². The molecular formula is C21H32N2O3S. The van der Waals surface area contributed by atoms with Crippen molar-refractivity contribution in [3.63, 3.8) is 0 Å². The zero-order valence-electron chi connectivity index (χ0n) is 16.8. The van der Waals surface area contributed by atoms with Crippen LogP contribution < -0.4 is 0 Å². The van der Waals surface area contributed by atoms with Crippen LogP contribution in [0.4, 0.5) is 0 Å². The third-order valence-corrected chi connectivity index (χ3v) is 7.78. The first-order valence-electron chi connectivity index (χ1n) is 10.1. The van der Waals surface area contributed by atoms with E-state index in [1.54, 1.807) is 12.1 Å². The fourth-order valence-electron chi connectivity index (χ4n) is 4.03. The lowest BCUT2D eigenvalue weighted by Crippen LogP contribution is -2.52. The van der Waals surface area contributed by atoms with E-state index >= 15 is 0 Å². The van der Waals surface area contributed by atoms with Gasteiger partial charge < -0.3 is 4.90 Å². The Bertz CT molecular complexity index is 752. The number of benzene rings is 1. The van der Waals surface area contributed by atoms with E-state index in [0.29, 0.717) is 31.1 Å². The van der Waals surface area contributed by atoms with E-state index in [1.165, 1.54) is 10.7 Å². The summed E-state index contributed by atoms with van der Waals surface area (Å²) in [6.07, 6.45) is 5.46. The molecule has 27 heavy (non-hydrogen) atoms. The van der Waals surface area contributed by atoms with Crippen molar-refractivity contribution in [1.82, 2.24) is 9.21 Å². The molecule has 0 spiro atoms. The molecule has 1 aliphatic heterocycles. The lowest BCUT2D eigenvalue weighted by molar-refractivity contribution is -0.137. The van der Waals surface area contributed by atoms with Crippen molar-refractivity contribution in [3.05, 3.63) is 29.8 Å². The standard InChI is InChI=1S/C21H32N2O3S/c1-21(2,3)18-9-11-19(12-10-18)27(25,26)23-15-13-22(14-16-23)20(24)17-7-5-4-6-8-17/h9-12,17H,4-8,13-16H2,1-3H3. The van der Waals surface area contributed by atoms with Crippen LogP contribution in [0.3, 0.4) is 0 Å². The number of carbonyl (C=O) groups is 1. The Morgan fingerprint density at radius 1 is 0.926 bits per heavy atom. The van der Waals surface area contributed by atoms with Gasteiger partial charge in [-0.25, -0.2) is 8.42 Å². The maximum absolute atomic E-state index is 12.9. The van der Waals surface area contributed by atoms with Crippen molar-refractivity contribution in [2.24, 2.45) is 5.92 Å². The van der Waals surface area contributed by atoms with Gasteiger partial charge in [-0.05, 0) is 36.0 Å². The number of hydrogen-bond donors (Lipinski definition) is 0. The van der Waals surface area contributed by atoms with Crippen molar-refractivity contribution in [1.29, 1.82) is 0 Å². The molecule has 1 aromatic rings. The van der Waals surface area contributed by atoms with Crippen LogP contribution in [0.25, 0.3) is 0 Å². The number of piperazine rings is 1. The summed E-state index contributed by atoms with van der Waals surface area (Å²) in [5, 5.41) is 0. The predicted octanol–water partition coefficient (Wildman–Crippen LogP) is 3.40. The largest absolute Gasteiger partial charge is 0.340 e. The Morgan fingerprint density at radius 2 is 1.48 bits per heavy atom. The molecule has 0 N–H and O–H groups in total. The van der Waals surface area contributed by atoms with Gasteiger partial charge in [0.25, 0.3) is 0 Å². The van der Waals surface area contributed by atoms with Gasteiger partial charge in [0.2, 0.25) is 15.9 Å². The normalized spacial score (nSPS) is 20.6. The van der Waals surface area contributed by atoms with E-state index < -0.39 is 10.0 Å². The van der Waals surface area contributed by atoms with E-state index in [0.717, 1.165) is 31.2 Å². The summed E-state index contributed by atoms with van der Waals surface area (Å²) < 4.78 is 27.4. The van der Waals surface area contributed by atoms with Crippen LogP contribution in [0, 0.1) is 5.92 Å². The summed E-state index contributed by atoms with van der Waals surface area (Å²) in [4.78, 5) is 14.9. The molecule has 1 saturated carbocycles. The van der Waals surface area contributed by atoms with E-state index in [1.807, 2.05) is 17.0 Å². The Morgan fingerprint density at radius 3 is 2.00 bits per heavy atom. The van der Waals surface area contributed by atoms with Crippen LogP contribution in [-0.2, 0) is 20.2 Å². The lowest BCUT2D eigenvalue weighted by atomic mass is 9.87. The van der Waals surface area contributed by atoms with Crippen LogP contribution >= 0.6 is 0 Å². The summed E-state index contributed by atoms with van der Waals surface area (Å²) >= 11 is 0. The number of hydrogen-bond acceptors (Lipinski definition) is 3. The average molecular weight is 393 g/mol. The molecule has 2 fully saturated rings. The van der Waals surface area contributed by atoms with E-state index in [9.17, 15) is 13.2 Å². The number of amides is 1. The molecule has 0 aromatic heterocycles. The monoisotopic (exact) mass is 392 g/mol. The Labute approximate surface area is 163 Å². The fourth-order valence-corrected chi connectivity index (χ4v) is 5.45. The summed E-state index contributed by atoms with van der Waals surface area (Å²) in [5.74, 6) is 0.369. The van der Waals surface area contributed by atoms with Gasteiger partial charge in [-0.15, -0.1) is 0 Å². The zero-order chi connectivity index (χ0) is 19.7. The molecular weight excluding hydrogens is 360 g/mol. The molecule has 150 valence electrons. The summed E-state index contributed by atoms with van der Waals surface area (Å²) in [7, 11) is -3.50. The van der Waals surface area contributed by atoms with Crippen LogP contribution in [0.1, 0.15) is 58.4 Å². The highest BCUT2D eigenvalue weighted by molar-refractivity contribution is 7.89. The third kappa shape index (κ3) is 4.54. The van der Waals surface area contributed by atoms with Crippen LogP contribution in [0.2, 0.25) is 0 Å². The third-order valence-electron chi connectivity index (χ3n) is 5.86. The van der Waals surface area contributed by atoms with Gasteiger partial charge in [0.1, 0.15) is 0 Å². The molecule has 1 aromatic carbocycles. The molecule has 3 rings (SSSR count). The molecule has 1 amide bonds. The second-order valence-corrected chi connectivity index (χ2v) is 10.8. The van der Waals surface area contributed by atoms with Crippen molar-refractivity contribution in [3.8, 4) is 0 Å². The van der Waals surface area contributed by atoms with E-state index in [2.05, 4.69) is 20.8 Å². The van der Waals surface area contributed by atoms with Crippen molar-refractivity contribution in [2.75, 3.05) is 26.2 Å². The second kappa shape index (κ2) is 7.92. The van der Waals surface area contributed by atoms with Gasteiger partial charge in [-0.3, -0.25) is 4.79 Å². The molecule has 1 heterocycles. The van der Waals surface area contributed by atoms with Gasteiger partial charge in [-0.2, -0.15) is 4.31 Å². The minimum absolute atomic E-state index is 0.00655. The van der Waals surface area contributed by atoms with Crippen LogP contribution in [0.15, 0.2) is 29.2 Å². The summed E-state index contributed by atoms with van der Waals surface area (Å²) in [5.41, 5.74) is 1.11. The van der Waals surface area contributed by atoms with Gasteiger partial charge >= 0.3 is 0 Å². The lowest BCUT2D eigenvalue weighted by Gasteiger charge is -2.36. The smallest absolute Gasteiger partial charge is 0.243 e. The maximum atomic E-state index is 12.9. The van der Waals surface area contributed by atoms with Gasteiger partial charge in [-0.1, -0.05) is 52.2 Å². The minimum Gasteiger partial charge on any atom is -0.340 e. The molecule has 1 saturated heterocycles. The number of sulfonamides is 1. The quantitative estimate of drug-likeness (QED) is 0.792. The summed E-state index contributed by atoms with van der Waals surface area (Å²) in [6, 6.07) is 7.20. The molecule has 5 nitrogen and oxygen atoms in total. The second-order valence-electron chi connectivity index (χ2n) is 8.84. The molecule has 2 aliphatic rings. The van der Waals surface area contributed by atoms with Crippen LogP contribution in [-0.4, -0.2) is 49.7 Å². The van der Waals surface area contributed by atoms with E-state index in [-0.39, 0.29) is 17.2 Å². The maximum Gasteiger partial charge on any atom is 0.243 e. The van der Waals surface area contributed by atoms with Gasteiger partial charge in [0, 0.05) is 32.1 Å². The average Bonchev–Trinajstić information content (AvgIpc) is 2.67. The van der Waals surface area contributed by atoms with Gasteiger partial charge in [0.05, 0.1) is 4.90 Å². The predicted molar refractivity (Wildman–Crippen MR) is 107 cm³/mol. The Balaban J connectivity index is 1.63. The number of rotatable bonds is 3. The highest BCUT2D eigenvalue weighted by Crippen LogP contribution is 2.27. The minimum atomic E-state index is -3.50. The molecule has 0 bridgehead atoms. The highest BCUT2D eigenvalue weighted by Gasteiger charge is 2.33.